The lowest BCUT2D eigenvalue weighted by Gasteiger charge is -2.07. The fraction of sp³-hybridized carbons (Fsp3) is 0.158. The van der Waals surface area contributed by atoms with Crippen LogP contribution in [0.2, 0.25) is 0 Å². The van der Waals surface area contributed by atoms with E-state index in [9.17, 15) is 4.79 Å². The van der Waals surface area contributed by atoms with Gasteiger partial charge in [0, 0.05) is 11.9 Å². The first-order valence-electron chi connectivity index (χ1n) is 8.13. The van der Waals surface area contributed by atoms with E-state index in [1.165, 1.54) is 0 Å². The van der Waals surface area contributed by atoms with Crippen molar-refractivity contribution in [1.82, 2.24) is 19.4 Å². The van der Waals surface area contributed by atoms with Gasteiger partial charge in [-0.15, -0.1) is 0 Å². The van der Waals surface area contributed by atoms with Gasteiger partial charge in [0.05, 0.1) is 22.9 Å². The van der Waals surface area contributed by atoms with E-state index in [-0.39, 0.29) is 5.91 Å². The summed E-state index contributed by atoms with van der Waals surface area (Å²) in [5.74, 6) is 0.569. The monoisotopic (exact) mass is 331 g/mol. The van der Waals surface area contributed by atoms with Crippen LogP contribution in [0.1, 0.15) is 35.9 Å². The van der Waals surface area contributed by atoms with E-state index in [1.807, 2.05) is 47.0 Å². The predicted molar refractivity (Wildman–Crippen MR) is 96.8 cm³/mol. The minimum Gasteiger partial charge on any atom is -0.319 e. The molecule has 0 bridgehead atoms. The molecule has 4 aromatic rings. The number of nitrogens with one attached hydrogen (secondary N) is 1. The Balaban J connectivity index is 1.62. The number of rotatable bonds is 3. The Morgan fingerprint density at radius 2 is 1.92 bits per heavy atom. The van der Waals surface area contributed by atoms with Gasteiger partial charge in [-0.25, -0.2) is 9.97 Å². The molecule has 0 aliphatic carbocycles. The van der Waals surface area contributed by atoms with E-state index in [4.69, 9.17) is 0 Å². The maximum Gasteiger partial charge on any atom is 0.274 e. The summed E-state index contributed by atoms with van der Waals surface area (Å²) in [5.41, 5.74) is 3.76. The summed E-state index contributed by atoms with van der Waals surface area (Å²) in [4.78, 5) is 25.6. The van der Waals surface area contributed by atoms with Crippen molar-refractivity contribution in [3.05, 3.63) is 66.2 Å². The van der Waals surface area contributed by atoms with Gasteiger partial charge < -0.3 is 5.32 Å². The number of para-hydroxylation sites is 2. The van der Waals surface area contributed by atoms with Gasteiger partial charge in [0.15, 0.2) is 0 Å². The molecule has 1 aromatic carbocycles. The van der Waals surface area contributed by atoms with Crippen molar-refractivity contribution < 1.29 is 4.79 Å². The van der Waals surface area contributed by atoms with E-state index in [0.29, 0.717) is 23.1 Å². The van der Waals surface area contributed by atoms with E-state index >= 15 is 0 Å². The fourth-order valence-corrected chi connectivity index (χ4v) is 2.69. The summed E-state index contributed by atoms with van der Waals surface area (Å²) in [5, 5.41) is 2.82. The summed E-state index contributed by atoms with van der Waals surface area (Å²) >= 11 is 0. The van der Waals surface area contributed by atoms with Gasteiger partial charge in [0.2, 0.25) is 5.78 Å². The van der Waals surface area contributed by atoms with Gasteiger partial charge in [-0.2, -0.15) is 0 Å². The molecule has 4 rings (SSSR count). The van der Waals surface area contributed by atoms with Crippen LogP contribution < -0.4 is 5.32 Å². The van der Waals surface area contributed by atoms with E-state index < -0.39 is 0 Å². The highest BCUT2D eigenvalue weighted by atomic mass is 16.1. The number of carbonyl (C=O) groups is 1. The Labute approximate surface area is 144 Å². The molecule has 6 heteroatoms. The van der Waals surface area contributed by atoms with Gasteiger partial charge in [-0.3, -0.25) is 14.2 Å². The summed E-state index contributed by atoms with van der Waals surface area (Å²) in [6.07, 6.45) is 3.47. The SMILES string of the molecule is CC(C)c1ccc(NC(=O)c2ccn3c(n2)nc2ccccc23)cn1. The van der Waals surface area contributed by atoms with Crippen LogP contribution in [0.4, 0.5) is 5.69 Å². The molecule has 6 nitrogen and oxygen atoms in total. The second-order valence-corrected chi connectivity index (χ2v) is 6.16. The highest BCUT2D eigenvalue weighted by Gasteiger charge is 2.12. The molecule has 0 atom stereocenters. The Hall–Kier alpha value is -3.28. The van der Waals surface area contributed by atoms with Crippen LogP contribution in [0.5, 0.6) is 0 Å². The third-order valence-electron chi connectivity index (χ3n) is 4.05. The average molecular weight is 331 g/mol. The third kappa shape index (κ3) is 2.82. The molecule has 0 aliphatic rings. The minimum atomic E-state index is -0.284. The quantitative estimate of drug-likeness (QED) is 0.622. The number of hydrogen-bond acceptors (Lipinski definition) is 4. The zero-order chi connectivity index (χ0) is 17.4. The average Bonchev–Trinajstić information content (AvgIpc) is 3.00. The van der Waals surface area contributed by atoms with Gasteiger partial charge >= 0.3 is 0 Å². The third-order valence-corrected chi connectivity index (χ3v) is 4.05. The number of hydrogen-bond donors (Lipinski definition) is 1. The van der Waals surface area contributed by atoms with Crippen LogP contribution in [0.3, 0.4) is 0 Å². The molecule has 0 fully saturated rings. The molecule has 124 valence electrons. The number of benzene rings is 1. The van der Waals surface area contributed by atoms with Crippen molar-refractivity contribution in [3.63, 3.8) is 0 Å². The van der Waals surface area contributed by atoms with Crippen LogP contribution in [0.25, 0.3) is 16.8 Å². The van der Waals surface area contributed by atoms with Crippen LogP contribution in [0, 0.1) is 0 Å². The molecule has 0 radical (unpaired) electrons. The zero-order valence-electron chi connectivity index (χ0n) is 14.0. The first-order chi connectivity index (χ1) is 12.1. The first-order valence-corrected chi connectivity index (χ1v) is 8.13. The smallest absolute Gasteiger partial charge is 0.274 e. The molecule has 1 N–H and O–H groups in total. The molecule has 0 spiro atoms. The van der Waals surface area contributed by atoms with Gasteiger partial charge in [0.25, 0.3) is 5.91 Å². The number of amides is 1. The maximum atomic E-state index is 12.5. The molecule has 0 saturated heterocycles. The van der Waals surface area contributed by atoms with Crippen molar-refractivity contribution in [2.75, 3.05) is 5.32 Å². The number of nitrogens with zero attached hydrogens (tertiary/aromatic N) is 4. The van der Waals surface area contributed by atoms with E-state index in [2.05, 4.69) is 34.1 Å². The van der Waals surface area contributed by atoms with Crippen molar-refractivity contribution in [1.29, 1.82) is 0 Å². The van der Waals surface area contributed by atoms with Gasteiger partial charge in [-0.1, -0.05) is 26.0 Å². The highest BCUT2D eigenvalue weighted by molar-refractivity contribution is 6.03. The van der Waals surface area contributed by atoms with E-state index in [1.54, 1.807) is 12.3 Å². The molecule has 3 heterocycles. The number of carbonyl (C=O) groups excluding carboxylic acids is 1. The van der Waals surface area contributed by atoms with Gasteiger partial charge in [0.1, 0.15) is 5.69 Å². The molecule has 0 saturated carbocycles. The lowest BCUT2D eigenvalue weighted by atomic mass is 10.1. The summed E-state index contributed by atoms with van der Waals surface area (Å²) in [6, 6.07) is 13.2. The molecule has 0 unspecified atom stereocenters. The summed E-state index contributed by atoms with van der Waals surface area (Å²) in [7, 11) is 0. The minimum absolute atomic E-state index is 0.284. The number of imidazole rings is 1. The molecule has 3 aromatic heterocycles. The lowest BCUT2D eigenvalue weighted by Crippen LogP contribution is -2.14. The Kier molecular flexibility index (Phi) is 3.65. The highest BCUT2D eigenvalue weighted by Crippen LogP contribution is 2.17. The van der Waals surface area contributed by atoms with Crippen molar-refractivity contribution in [2.24, 2.45) is 0 Å². The van der Waals surface area contributed by atoms with Crippen LogP contribution >= 0.6 is 0 Å². The molecule has 25 heavy (non-hydrogen) atoms. The number of pyridine rings is 1. The molecule has 1 amide bonds. The zero-order valence-corrected chi connectivity index (χ0v) is 14.0. The van der Waals surface area contributed by atoms with E-state index in [0.717, 1.165) is 16.7 Å². The topological polar surface area (TPSA) is 72.2 Å². The van der Waals surface area contributed by atoms with Crippen molar-refractivity contribution in [2.45, 2.75) is 19.8 Å². The number of anilines is 1. The van der Waals surface area contributed by atoms with Crippen molar-refractivity contribution >= 4 is 28.4 Å². The van der Waals surface area contributed by atoms with Crippen LogP contribution in [-0.4, -0.2) is 25.3 Å². The lowest BCUT2D eigenvalue weighted by molar-refractivity contribution is 0.102. The predicted octanol–water partition coefficient (Wildman–Crippen LogP) is 3.65. The molecular formula is C19H17N5O. The summed E-state index contributed by atoms with van der Waals surface area (Å²) < 4.78 is 1.87. The largest absolute Gasteiger partial charge is 0.319 e. The Bertz CT molecular complexity index is 1070. The normalized spacial score (nSPS) is 11.3. The fourth-order valence-electron chi connectivity index (χ4n) is 2.69. The molecular weight excluding hydrogens is 314 g/mol. The van der Waals surface area contributed by atoms with Crippen LogP contribution in [-0.2, 0) is 0 Å². The second-order valence-electron chi connectivity index (χ2n) is 6.16. The van der Waals surface area contributed by atoms with Crippen LogP contribution in [0.15, 0.2) is 54.9 Å². The number of aromatic nitrogens is 4. The maximum absolute atomic E-state index is 12.5. The second kappa shape index (κ2) is 5.98. The standard InChI is InChI=1S/C19H17N5O/c1-12(2)14-8-7-13(11-20-14)21-18(25)16-9-10-24-17-6-4-3-5-15(17)22-19(24)23-16/h3-12H,1-2H3,(H,21,25). The first kappa shape index (κ1) is 15.3. The Morgan fingerprint density at radius 1 is 1.08 bits per heavy atom. The van der Waals surface area contributed by atoms with Gasteiger partial charge in [-0.05, 0) is 36.2 Å². The molecule has 0 aliphatic heterocycles. The summed E-state index contributed by atoms with van der Waals surface area (Å²) in [6.45, 7) is 4.16. The number of fused-ring (bicyclic) bond motifs is 3. The Morgan fingerprint density at radius 3 is 2.68 bits per heavy atom. The van der Waals surface area contributed by atoms with Crippen molar-refractivity contribution in [3.8, 4) is 0 Å².